The third-order valence-corrected chi connectivity index (χ3v) is 9.74. The number of halogens is 2. The molecule has 3 aromatic rings. The summed E-state index contributed by atoms with van der Waals surface area (Å²) >= 11 is 6.84. The molecule has 5 heterocycles. The summed E-state index contributed by atoms with van der Waals surface area (Å²) in [4.78, 5) is 14.4. The van der Waals surface area contributed by atoms with Crippen molar-refractivity contribution >= 4 is 28.3 Å². The molecule has 4 saturated heterocycles. The molecule has 0 amide bonds. The van der Waals surface area contributed by atoms with Crippen LogP contribution in [0, 0.1) is 12.7 Å². The number of hydrogen-bond acceptors (Lipinski definition) is 7. The molecule has 39 heavy (non-hydrogen) atoms. The summed E-state index contributed by atoms with van der Waals surface area (Å²) < 4.78 is 23.0. The van der Waals surface area contributed by atoms with E-state index in [1.807, 2.05) is 31.2 Å². The van der Waals surface area contributed by atoms with Gasteiger partial charge in [-0.1, -0.05) is 23.7 Å². The molecule has 0 radical (unpaired) electrons. The molecular weight excluding hydrogens is 515 g/mol. The minimum absolute atomic E-state index is 0.0517. The number of nitrogens with zero attached hydrogens (tertiary/aromatic N) is 4. The van der Waals surface area contributed by atoms with Crippen LogP contribution in [-0.4, -0.2) is 65.3 Å². The van der Waals surface area contributed by atoms with Crippen molar-refractivity contribution in [2.45, 2.75) is 69.6 Å². The molecule has 2 atom stereocenters. The summed E-state index contributed by atoms with van der Waals surface area (Å²) in [5.74, 6) is 0.267. The molecule has 9 heteroatoms. The van der Waals surface area contributed by atoms with E-state index in [4.69, 9.17) is 32.0 Å². The van der Waals surface area contributed by atoms with Gasteiger partial charge in [0.1, 0.15) is 17.9 Å². The molecule has 1 aromatic heterocycles. The van der Waals surface area contributed by atoms with Gasteiger partial charge in [0.05, 0.1) is 10.6 Å². The van der Waals surface area contributed by atoms with Crippen molar-refractivity contribution in [2.24, 2.45) is 5.73 Å². The van der Waals surface area contributed by atoms with Gasteiger partial charge in [0.25, 0.3) is 0 Å². The number of fused-ring (bicyclic) bond motifs is 4. The fourth-order valence-corrected chi connectivity index (χ4v) is 7.70. The molecule has 3 N–H and O–H groups in total. The Morgan fingerprint density at radius 1 is 1.13 bits per heavy atom. The molecule has 0 spiro atoms. The van der Waals surface area contributed by atoms with E-state index in [2.05, 4.69) is 15.1 Å². The summed E-state index contributed by atoms with van der Waals surface area (Å²) in [5, 5.41) is 4.65. The number of piperazine rings is 1. The SMILES string of the molecule is Cc1ccc(CN)cc1-c1c(Cl)cc2c(N3CC4CCC(C3)N4)nc(OCC34CCCN3CCC4)nc2c1F. The lowest BCUT2D eigenvalue weighted by Gasteiger charge is -2.35. The fraction of sp³-hybridized carbons (Fsp3) is 0.533. The number of benzene rings is 2. The Morgan fingerprint density at radius 3 is 2.59 bits per heavy atom. The first kappa shape index (κ1) is 25.4. The first-order valence-corrected chi connectivity index (χ1v) is 14.7. The van der Waals surface area contributed by atoms with Gasteiger partial charge < -0.3 is 20.7 Å². The lowest BCUT2D eigenvalue weighted by atomic mass is 9.95. The normalized spacial score (nSPS) is 24.1. The molecule has 0 aliphatic carbocycles. The Kier molecular flexibility index (Phi) is 6.42. The van der Waals surface area contributed by atoms with Crippen LogP contribution < -0.4 is 20.7 Å². The first-order valence-electron chi connectivity index (χ1n) is 14.3. The van der Waals surface area contributed by atoms with Gasteiger partial charge in [-0.25, -0.2) is 4.39 Å². The first-order chi connectivity index (χ1) is 18.9. The molecule has 0 saturated carbocycles. The van der Waals surface area contributed by atoms with Crippen LogP contribution in [0.3, 0.4) is 0 Å². The lowest BCUT2D eigenvalue weighted by molar-refractivity contribution is 0.108. The van der Waals surface area contributed by atoms with Gasteiger partial charge in [-0.05, 0) is 87.4 Å². The van der Waals surface area contributed by atoms with E-state index in [-0.39, 0.29) is 17.1 Å². The highest BCUT2D eigenvalue weighted by Gasteiger charge is 2.45. The summed E-state index contributed by atoms with van der Waals surface area (Å²) in [7, 11) is 0. The Bertz CT molecular complexity index is 1410. The highest BCUT2D eigenvalue weighted by molar-refractivity contribution is 6.34. The van der Waals surface area contributed by atoms with E-state index in [1.54, 1.807) is 0 Å². The summed E-state index contributed by atoms with van der Waals surface area (Å²) in [5.41, 5.74) is 9.15. The molecular formula is C30H36ClFN6O. The fourth-order valence-electron chi connectivity index (χ4n) is 7.41. The van der Waals surface area contributed by atoms with E-state index < -0.39 is 5.82 Å². The molecule has 2 aromatic carbocycles. The van der Waals surface area contributed by atoms with Crippen molar-refractivity contribution in [1.82, 2.24) is 20.2 Å². The second kappa shape index (κ2) is 9.84. The Balaban J connectivity index is 1.35. The van der Waals surface area contributed by atoms with Crippen LogP contribution in [0.4, 0.5) is 10.2 Å². The van der Waals surface area contributed by atoms with Gasteiger partial charge in [-0.15, -0.1) is 0 Å². The lowest BCUT2D eigenvalue weighted by Crippen LogP contribution is -2.51. The third-order valence-electron chi connectivity index (χ3n) is 9.45. The van der Waals surface area contributed by atoms with Crippen LogP contribution in [0.1, 0.15) is 49.7 Å². The summed E-state index contributed by atoms with van der Waals surface area (Å²) in [6.07, 6.45) is 6.91. The number of aromatic nitrogens is 2. The van der Waals surface area contributed by atoms with Crippen molar-refractivity contribution in [2.75, 3.05) is 37.7 Å². The van der Waals surface area contributed by atoms with Gasteiger partial charge in [0.15, 0.2) is 5.82 Å². The molecule has 206 valence electrons. The maximum atomic E-state index is 16.6. The van der Waals surface area contributed by atoms with Crippen molar-refractivity contribution in [3.63, 3.8) is 0 Å². The predicted octanol–water partition coefficient (Wildman–Crippen LogP) is 4.80. The van der Waals surface area contributed by atoms with Gasteiger partial charge in [0.2, 0.25) is 0 Å². The number of nitrogens with two attached hydrogens (primary N) is 1. The monoisotopic (exact) mass is 550 g/mol. The average Bonchev–Trinajstić information content (AvgIpc) is 3.62. The van der Waals surface area contributed by atoms with Crippen LogP contribution >= 0.6 is 11.6 Å². The number of ether oxygens (including phenoxy) is 1. The highest BCUT2D eigenvalue weighted by Crippen LogP contribution is 2.42. The number of rotatable bonds is 6. The van der Waals surface area contributed by atoms with Gasteiger partial charge in [-0.2, -0.15) is 9.97 Å². The second-order valence-electron chi connectivity index (χ2n) is 11.9. The smallest absolute Gasteiger partial charge is 0.319 e. The van der Waals surface area contributed by atoms with Crippen molar-refractivity contribution < 1.29 is 9.13 Å². The minimum atomic E-state index is -0.442. The molecule has 4 aliphatic heterocycles. The second-order valence-corrected chi connectivity index (χ2v) is 12.3. The highest BCUT2D eigenvalue weighted by atomic mass is 35.5. The van der Waals surface area contributed by atoms with Crippen molar-refractivity contribution in [1.29, 1.82) is 0 Å². The summed E-state index contributed by atoms with van der Waals surface area (Å²) in [6, 6.07) is 8.74. The van der Waals surface area contributed by atoms with E-state index >= 15 is 4.39 Å². The number of hydrogen-bond donors (Lipinski definition) is 2. The summed E-state index contributed by atoms with van der Waals surface area (Å²) in [6.45, 7) is 6.74. The Hall–Kier alpha value is -2.52. The molecule has 7 nitrogen and oxygen atoms in total. The Labute approximate surface area is 233 Å². The van der Waals surface area contributed by atoms with Crippen LogP contribution in [0.5, 0.6) is 6.01 Å². The largest absolute Gasteiger partial charge is 0.461 e. The molecule has 4 fully saturated rings. The van der Waals surface area contributed by atoms with Gasteiger partial charge >= 0.3 is 6.01 Å². The van der Waals surface area contributed by atoms with Gasteiger partial charge in [0, 0.05) is 42.7 Å². The maximum Gasteiger partial charge on any atom is 0.319 e. The minimum Gasteiger partial charge on any atom is -0.461 e. The zero-order valence-electron chi connectivity index (χ0n) is 22.5. The third kappa shape index (κ3) is 4.36. The van der Waals surface area contributed by atoms with Crippen molar-refractivity contribution in [3.05, 3.63) is 46.2 Å². The predicted molar refractivity (Wildman–Crippen MR) is 153 cm³/mol. The van der Waals surface area contributed by atoms with E-state index in [9.17, 15) is 0 Å². The topological polar surface area (TPSA) is 79.5 Å². The molecule has 2 bridgehead atoms. The van der Waals surface area contributed by atoms with Crippen LogP contribution in [0.2, 0.25) is 5.02 Å². The van der Waals surface area contributed by atoms with Crippen molar-refractivity contribution in [3.8, 4) is 17.1 Å². The molecule has 7 rings (SSSR count). The van der Waals surface area contributed by atoms with E-state index in [1.165, 1.54) is 12.8 Å². The zero-order valence-corrected chi connectivity index (χ0v) is 23.2. The number of anilines is 1. The Morgan fingerprint density at radius 2 is 1.87 bits per heavy atom. The van der Waals surface area contributed by atoms with Crippen LogP contribution in [0.25, 0.3) is 22.0 Å². The number of aryl methyl sites for hydroxylation is 1. The van der Waals surface area contributed by atoms with E-state index in [0.717, 1.165) is 68.6 Å². The standard InChI is InChI=1S/C30H36ClFN6O/c1-18-4-5-19(14-33)12-22(18)25-24(31)13-23-27(26(25)32)35-29(39-17-30-8-2-10-38(30)11-3-9-30)36-28(23)37-15-20-6-7-21(16-37)34-20/h4-5,12-13,20-21,34H,2-3,6-11,14-17,33H2,1H3. The average molecular weight is 551 g/mol. The quantitative estimate of drug-likeness (QED) is 0.456. The molecule has 4 aliphatic rings. The maximum absolute atomic E-state index is 16.6. The van der Waals surface area contributed by atoms with Crippen LogP contribution in [0.15, 0.2) is 24.3 Å². The molecule has 2 unspecified atom stereocenters. The van der Waals surface area contributed by atoms with Crippen LogP contribution in [-0.2, 0) is 6.54 Å². The number of nitrogens with one attached hydrogen (secondary N) is 1. The van der Waals surface area contributed by atoms with E-state index in [0.29, 0.717) is 47.0 Å². The van der Waals surface area contributed by atoms with Gasteiger partial charge in [-0.3, -0.25) is 4.90 Å². The zero-order chi connectivity index (χ0) is 26.7.